The van der Waals surface area contributed by atoms with E-state index in [-0.39, 0.29) is 16.1 Å². The van der Waals surface area contributed by atoms with Gasteiger partial charge in [-0.15, -0.1) is 0 Å². The first-order chi connectivity index (χ1) is 8.08. The zero-order valence-corrected chi connectivity index (χ0v) is 9.46. The molecule has 2 rings (SSSR count). The summed E-state index contributed by atoms with van der Waals surface area (Å²) in [7, 11) is 0. The summed E-state index contributed by atoms with van der Waals surface area (Å²) in [5.41, 5.74) is 0.314. The Bertz CT molecular complexity index is 522. The summed E-state index contributed by atoms with van der Waals surface area (Å²) in [6.07, 6.45) is -1.23. The number of halogens is 3. The minimum absolute atomic E-state index is 0.0918. The van der Waals surface area contributed by atoms with E-state index in [1.807, 2.05) is 0 Å². The molecular weight excluding hydrogens is 246 g/mol. The second-order valence-electron chi connectivity index (χ2n) is 3.63. The lowest BCUT2D eigenvalue weighted by Crippen LogP contribution is -2.02. The van der Waals surface area contributed by atoms with E-state index >= 15 is 0 Å². The molecule has 0 aliphatic rings. The molecule has 1 unspecified atom stereocenters. The van der Waals surface area contributed by atoms with Crippen molar-refractivity contribution in [3.8, 4) is 0 Å². The molecule has 0 bridgehead atoms. The normalized spacial score (nSPS) is 12.5. The Kier molecular flexibility index (Phi) is 3.41. The van der Waals surface area contributed by atoms with Crippen molar-refractivity contribution in [1.29, 1.82) is 0 Å². The maximum Gasteiger partial charge on any atom is 0.129 e. The first-order valence-electron chi connectivity index (χ1n) is 4.96. The van der Waals surface area contributed by atoms with Crippen LogP contribution in [0, 0.1) is 11.6 Å². The van der Waals surface area contributed by atoms with Crippen molar-refractivity contribution in [2.24, 2.45) is 0 Å². The van der Waals surface area contributed by atoms with Gasteiger partial charge in [0.05, 0.1) is 0 Å². The standard InChI is InChI=1S/C13H9ClF2O/c14-9-5-8(6-10(15)7-9)13(17)11-3-1-2-4-12(11)16/h1-7,13,17H. The topological polar surface area (TPSA) is 20.2 Å². The van der Waals surface area contributed by atoms with Crippen LogP contribution in [0.3, 0.4) is 0 Å². The summed E-state index contributed by atoms with van der Waals surface area (Å²) in [6, 6.07) is 9.45. The van der Waals surface area contributed by atoms with E-state index in [0.717, 1.165) is 12.1 Å². The monoisotopic (exact) mass is 254 g/mol. The lowest BCUT2D eigenvalue weighted by molar-refractivity contribution is 0.214. The maximum absolute atomic E-state index is 13.4. The Morgan fingerprint density at radius 2 is 1.76 bits per heavy atom. The van der Waals surface area contributed by atoms with E-state index in [0.29, 0.717) is 0 Å². The van der Waals surface area contributed by atoms with Gasteiger partial charge in [0.2, 0.25) is 0 Å². The molecule has 1 nitrogen and oxygen atoms in total. The van der Waals surface area contributed by atoms with Crippen LogP contribution in [0.1, 0.15) is 17.2 Å². The third-order valence-corrected chi connectivity index (χ3v) is 2.62. The highest BCUT2D eigenvalue weighted by Gasteiger charge is 2.15. The third-order valence-electron chi connectivity index (χ3n) is 2.40. The van der Waals surface area contributed by atoms with Crippen LogP contribution in [-0.2, 0) is 0 Å². The molecule has 0 aliphatic carbocycles. The van der Waals surface area contributed by atoms with Gasteiger partial charge < -0.3 is 5.11 Å². The highest BCUT2D eigenvalue weighted by molar-refractivity contribution is 6.30. The summed E-state index contributed by atoms with van der Waals surface area (Å²) in [5.74, 6) is -1.11. The zero-order valence-electron chi connectivity index (χ0n) is 8.70. The van der Waals surface area contributed by atoms with Gasteiger partial charge in [-0.1, -0.05) is 29.8 Å². The molecule has 88 valence electrons. The smallest absolute Gasteiger partial charge is 0.129 e. The van der Waals surface area contributed by atoms with Gasteiger partial charge in [-0.2, -0.15) is 0 Å². The van der Waals surface area contributed by atoms with Crippen molar-refractivity contribution in [2.75, 3.05) is 0 Å². The molecule has 1 N–H and O–H groups in total. The predicted molar refractivity (Wildman–Crippen MR) is 61.9 cm³/mol. The Hall–Kier alpha value is -1.45. The first-order valence-corrected chi connectivity index (χ1v) is 5.34. The van der Waals surface area contributed by atoms with Crippen LogP contribution in [0.4, 0.5) is 8.78 Å². The quantitative estimate of drug-likeness (QED) is 0.866. The molecule has 2 aromatic rings. The second-order valence-corrected chi connectivity index (χ2v) is 4.06. The third kappa shape index (κ3) is 2.62. The number of aliphatic hydroxyl groups is 1. The van der Waals surface area contributed by atoms with Gasteiger partial charge in [0, 0.05) is 10.6 Å². The first kappa shape index (κ1) is 12.0. The fraction of sp³-hybridized carbons (Fsp3) is 0.0769. The van der Waals surface area contributed by atoms with Crippen molar-refractivity contribution in [1.82, 2.24) is 0 Å². The van der Waals surface area contributed by atoms with Gasteiger partial charge >= 0.3 is 0 Å². The van der Waals surface area contributed by atoms with Gasteiger partial charge in [-0.25, -0.2) is 8.78 Å². The molecule has 0 aliphatic heterocycles. The van der Waals surface area contributed by atoms with E-state index in [4.69, 9.17) is 11.6 Å². The van der Waals surface area contributed by atoms with Crippen molar-refractivity contribution < 1.29 is 13.9 Å². The highest BCUT2D eigenvalue weighted by Crippen LogP contribution is 2.26. The van der Waals surface area contributed by atoms with Crippen molar-refractivity contribution in [3.05, 3.63) is 70.2 Å². The van der Waals surface area contributed by atoms with Gasteiger partial charge in [0.25, 0.3) is 0 Å². The fourth-order valence-electron chi connectivity index (χ4n) is 1.61. The lowest BCUT2D eigenvalue weighted by Gasteiger charge is -2.12. The summed E-state index contributed by atoms with van der Waals surface area (Å²) in [4.78, 5) is 0. The largest absolute Gasteiger partial charge is 0.384 e. The lowest BCUT2D eigenvalue weighted by atomic mass is 10.0. The molecule has 0 aromatic heterocycles. The Labute approximate surface area is 102 Å². The van der Waals surface area contributed by atoms with E-state index in [2.05, 4.69) is 0 Å². The summed E-state index contributed by atoms with van der Waals surface area (Å²) in [6.45, 7) is 0. The van der Waals surface area contributed by atoms with Crippen LogP contribution in [0.25, 0.3) is 0 Å². The van der Waals surface area contributed by atoms with Crippen LogP contribution >= 0.6 is 11.6 Å². The van der Waals surface area contributed by atoms with Gasteiger partial charge in [0.15, 0.2) is 0 Å². The number of benzene rings is 2. The highest BCUT2D eigenvalue weighted by atomic mass is 35.5. The van der Waals surface area contributed by atoms with E-state index < -0.39 is 17.7 Å². The van der Waals surface area contributed by atoms with Crippen molar-refractivity contribution in [2.45, 2.75) is 6.10 Å². The number of aliphatic hydroxyl groups excluding tert-OH is 1. The number of hydrogen-bond donors (Lipinski definition) is 1. The van der Waals surface area contributed by atoms with Gasteiger partial charge in [-0.05, 0) is 29.8 Å². The van der Waals surface area contributed by atoms with Crippen LogP contribution in [0.2, 0.25) is 5.02 Å². The minimum Gasteiger partial charge on any atom is -0.384 e. The summed E-state index contributed by atoms with van der Waals surface area (Å²) < 4.78 is 26.6. The Morgan fingerprint density at radius 3 is 2.41 bits per heavy atom. The average molecular weight is 255 g/mol. The predicted octanol–water partition coefficient (Wildman–Crippen LogP) is 3.70. The molecule has 2 aromatic carbocycles. The Morgan fingerprint density at radius 1 is 1.06 bits per heavy atom. The molecular formula is C13H9ClF2O. The molecule has 0 heterocycles. The van der Waals surface area contributed by atoms with Crippen LogP contribution in [0.15, 0.2) is 42.5 Å². The molecule has 0 radical (unpaired) electrons. The molecule has 0 saturated heterocycles. The van der Waals surface area contributed by atoms with Crippen LogP contribution in [-0.4, -0.2) is 5.11 Å². The minimum atomic E-state index is -1.23. The fourth-order valence-corrected chi connectivity index (χ4v) is 1.84. The van der Waals surface area contributed by atoms with Crippen LogP contribution < -0.4 is 0 Å². The molecule has 0 amide bonds. The number of hydrogen-bond acceptors (Lipinski definition) is 1. The average Bonchev–Trinajstić information content (AvgIpc) is 2.27. The molecule has 4 heteroatoms. The molecule has 0 fully saturated rings. The molecule has 0 spiro atoms. The molecule has 1 atom stereocenters. The van der Waals surface area contributed by atoms with E-state index in [1.165, 1.54) is 24.3 Å². The van der Waals surface area contributed by atoms with E-state index in [9.17, 15) is 13.9 Å². The van der Waals surface area contributed by atoms with Gasteiger partial charge in [-0.3, -0.25) is 0 Å². The summed E-state index contributed by atoms with van der Waals surface area (Å²) in [5, 5.41) is 10.1. The van der Waals surface area contributed by atoms with Gasteiger partial charge in [0.1, 0.15) is 17.7 Å². The second kappa shape index (κ2) is 4.82. The zero-order chi connectivity index (χ0) is 12.4. The van der Waals surface area contributed by atoms with Crippen molar-refractivity contribution in [3.63, 3.8) is 0 Å². The van der Waals surface area contributed by atoms with Crippen LogP contribution in [0.5, 0.6) is 0 Å². The SMILES string of the molecule is OC(c1cc(F)cc(Cl)c1)c1ccccc1F. The maximum atomic E-state index is 13.4. The number of rotatable bonds is 2. The van der Waals surface area contributed by atoms with E-state index in [1.54, 1.807) is 6.07 Å². The molecule has 0 saturated carbocycles. The summed E-state index contributed by atoms with van der Waals surface area (Å²) >= 11 is 5.68. The van der Waals surface area contributed by atoms with Crippen molar-refractivity contribution >= 4 is 11.6 Å². The Balaban J connectivity index is 2.43. The molecule has 17 heavy (non-hydrogen) atoms.